The first kappa shape index (κ1) is 21.0. The third-order valence-corrected chi connectivity index (χ3v) is 3.39. The van der Waals surface area contributed by atoms with Gasteiger partial charge in [-0.3, -0.25) is 9.80 Å². The van der Waals surface area contributed by atoms with Gasteiger partial charge in [-0.05, 0) is 41.0 Å². The molecule has 22 heavy (non-hydrogen) atoms. The van der Waals surface area contributed by atoms with Crippen LogP contribution < -0.4 is 0 Å². The minimum absolute atomic E-state index is 0.888. The van der Waals surface area contributed by atoms with E-state index in [4.69, 9.17) is 0 Å². The summed E-state index contributed by atoms with van der Waals surface area (Å²) in [6, 6.07) is 0. The van der Waals surface area contributed by atoms with Gasteiger partial charge in [0.1, 0.15) is 0 Å². The van der Waals surface area contributed by atoms with Crippen LogP contribution in [0.3, 0.4) is 0 Å². The number of hydrogen-bond donors (Lipinski definition) is 0. The summed E-state index contributed by atoms with van der Waals surface area (Å²) < 4.78 is 0. The molecule has 0 heterocycles. The van der Waals surface area contributed by atoms with E-state index in [0.717, 1.165) is 25.9 Å². The lowest BCUT2D eigenvalue weighted by Crippen LogP contribution is -2.10. The molecule has 0 spiro atoms. The molecule has 0 aromatic carbocycles. The van der Waals surface area contributed by atoms with Gasteiger partial charge >= 0.3 is 0 Å². The SMILES string of the molecule is CN(C)CC#CCCCCCCCCCCC#CCN(C)C. The first-order chi connectivity index (χ1) is 10.6. The molecule has 126 valence electrons. The monoisotopic (exact) mass is 304 g/mol. The molecule has 0 radical (unpaired) electrons. The van der Waals surface area contributed by atoms with Gasteiger partial charge in [-0.2, -0.15) is 0 Å². The maximum absolute atomic E-state index is 3.25. The Morgan fingerprint density at radius 3 is 1.09 bits per heavy atom. The Morgan fingerprint density at radius 1 is 0.455 bits per heavy atom. The van der Waals surface area contributed by atoms with Crippen LogP contribution in [0.15, 0.2) is 0 Å². The molecular weight excluding hydrogens is 268 g/mol. The standard InChI is InChI=1S/C20H36N2/c1-21(2)19-17-15-13-11-9-7-5-6-8-10-12-14-16-18-20-22(3)4/h5-14,19-20H2,1-4H3. The van der Waals surface area contributed by atoms with Crippen molar-refractivity contribution in [2.45, 2.75) is 64.2 Å². The van der Waals surface area contributed by atoms with Gasteiger partial charge in [0.15, 0.2) is 0 Å². The molecule has 0 aliphatic heterocycles. The highest BCUT2D eigenvalue weighted by Crippen LogP contribution is 2.10. The molecule has 2 heteroatoms. The molecule has 0 aliphatic carbocycles. The molecule has 0 saturated heterocycles. The van der Waals surface area contributed by atoms with Gasteiger partial charge in [-0.25, -0.2) is 0 Å². The smallest absolute Gasteiger partial charge is 0.0596 e. The Bertz CT molecular complexity index is 313. The molecule has 0 N–H and O–H groups in total. The average molecular weight is 305 g/mol. The number of hydrogen-bond acceptors (Lipinski definition) is 2. The van der Waals surface area contributed by atoms with E-state index in [1.807, 2.05) is 0 Å². The van der Waals surface area contributed by atoms with Crippen molar-refractivity contribution in [3.8, 4) is 23.7 Å². The van der Waals surface area contributed by atoms with Crippen LogP contribution >= 0.6 is 0 Å². The second kappa shape index (κ2) is 16.4. The van der Waals surface area contributed by atoms with Crippen LogP contribution in [-0.4, -0.2) is 51.1 Å². The largest absolute Gasteiger partial charge is 0.299 e. The summed E-state index contributed by atoms with van der Waals surface area (Å²) in [6.45, 7) is 1.78. The minimum Gasteiger partial charge on any atom is -0.299 e. The van der Waals surface area contributed by atoms with Crippen molar-refractivity contribution in [3.63, 3.8) is 0 Å². The van der Waals surface area contributed by atoms with Crippen molar-refractivity contribution >= 4 is 0 Å². The summed E-state index contributed by atoms with van der Waals surface area (Å²) >= 11 is 0. The van der Waals surface area contributed by atoms with Gasteiger partial charge in [0, 0.05) is 12.8 Å². The molecule has 0 unspecified atom stereocenters. The summed E-state index contributed by atoms with van der Waals surface area (Å²) in [5, 5.41) is 0. The maximum Gasteiger partial charge on any atom is 0.0596 e. The second-order valence-electron chi connectivity index (χ2n) is 6.51. The molecule has 0 aromatic rings. The van der Waals surface area contributed by atoms with Crippen LogP contribution in [0.5, 0.6) is 0 Å². The van der Waals surface area contributed by atoms with Gasteiger partial charge in [0.05, 0.1) is 13.1 Å². The Hall–Kier alpha value is -0.960. The molecule has 0 aromatic heterocycles. The zero-order chi connectivity index (χ0) is 16.5. The first-order valence-electron chi connectivity index (χ1n) is 8.84. The van der Waals surface area contributed by atoms with Gasteiger partial charge in [-0.1, -0.05) is 50.4 Å². The Labute approximate surface area is 139 Å². The van der Waals surface area contributed by atoms with E-state index in [-0.39, 0.29) is 0 Å². The topological polar surface area (TPSA) is 6.48 Å². The van der Waals surface area contributed by atoms with Crippen molar-refractivity contribution in [2.75, 3.05) is 41.3 Å². The molecule has 0 atom stereocenters. The summed E-state index contributed by atoms with van der Waals surface area (Å²) in [5.74, 6) is 12.9. The van der Waals surface area contributed by atoms with Gasteiger partial charge in [0.25, 0.3) is 0 Å². The van der Waals surface area contributed by atoms with E-state index in [9.17, 15) is 0 Å². The highest BCUT2D eigenvalue weighted by molar-refractivity contribution is 5.00. The average Bonchev–Trinajstić information content (AvgIpc) is 2.46. The molecule has 0 amide bonds. The molecular formula is C20H36N2. The fraction of sp³-hybridized carbons (Fsp3) is 0.800. The van der Waals surface area contributed by atoms with Crippen molar-refractivity contribution in [2.24, 2.45) is 0 Å². The Kier molecular flexibility index (Phi) is 15.7. The fourth-order valence-electron chi connectivity index (χ4n) is 2.09. The highest BCUT2D eigenvalue weighted by Gasteiger charge is 1.91. The van der Waals surface area contributed by atoms with Crippen LogP contribution in [0.2, 0.25) is 0 Å². The molecule has 0 bridgehead atoms. The number of unbranched alkanes of at least 4 members (excludes halogenated alkanes) is 9. The normalized spacial score (nSPS) is 10.3. The zero-order valence-electron chi connectivity index (χ0n) is 15.4. The predicted molar refractivity (Wildman–Crippen MR) is 98.8 cm³/mol. The van der Waals surface area contributed by atoms with E-state index >= 15 is 0 Å². The number of nitrogens with zero attached hydrogens (tertiary/aromatic N) is 2. The zero-order valence-corrected chi connectivity index (χ0v) is 15.4. The van der Waals surface area contributed by atoms with Gasteiger partial charge < -0.3 is 0 Å². The van der Waals surface area contributed by atoms with Crippen molar-refractivity contribution in [1.82, 2.24) is 9.80 Å². The fourth-order valence-corrected chi connectivity index (χ4v) is 2.09. The lowest BCUT2D eigenvalue weighted by Gasteiger charge is -2.01. The van der Waals surface area contributed by atoms with Gasteiger partial charge in [0.2, 0.25) is 0 Å². The summed E-state index contributed by atoms with van der Waals surface area (Å²) in [4.78, 5) is 4.22. The quantitative estimate of drug-likeness (QED) is 0.420. The molecule has 2 nitrogen and oxygen atoms in total. The first-order valence-corrected chi connectivity index (χ1v) is 8.84. The van der Waals surface area contributed by atoms with E-state index in [1.165, 1.54) is 51.4 Å². The lowest BCUT2D eigenvalue weighted by atomic mass is 10.1. The van der Waals surface area contributed by atoms with Crippen molar-refractivity contribution in [3.05, 3.63) is 0 Å². The minimum atomic E-state index is 0.888. The molecule has 0 aliphatic rings. The lowest BCUT2D eigenvalue weighted by molar-refractivity contribution is 0.463. The van der Waals surface area contributed by atoms with E-state index in [1.54, 1.807) is 0 Å². The van der Waals surface area contributed by atoms with E-state index < -0.39 is 0 Å². The van der Waals surface area contributed by atoms with E-state index in [0.29, 0.717) is 0 Å². The van der Waals surface area contributed by atoms with Crippen LogP contribution in [-0.2, 0) is 0 Å². The van der Waals surface area contributed by atoms with Crippen LogP contribution in [0.25, 0.3) is 0 Å². The van der Waals surface area contributed by atoms with Crippen molar-refractivity contribution < 1.29 is 0 Å². The van der Waals surface area contributed by atoms with Crippen LogP contribution in [0, 0.1) is 23.7 Å². The molecule has 0 saturated carbocycles. The highest BCUT2D eigenvalue weighted by atomic mass is 15.0. The molecule has 0 fully saturated rings. The van der Waals surface area contributed by atoms with Crippen LogP contribution in [0.4, 0.5) is 0 Å². The van der Waals surface area contributed by atoms with Crippen LogP contribution in [0.1, 0.15) is 64.2 Å². The summed E-state index contributed by atoms with van der Waals surface area (Å²) in [6.07, 6.45) is 12.9. The third kappa shape index (κ3) is 19.0. The summed E-state index contributed by atoms with van der Waals surface area (Å²) in [7, 11) is 8.24. The maximum atomic E-state index is 3.25. The van der Waals surface area contributed by atoms with Gasteiger partial charge in [-0.15, -0.1) is 11.8 Å². The Morgan fingerprint density at radius 2 is 0.773 bits per heavy atom. The Balaban J connectivity index is 3.16. The van der Waals surface area contributed by atoms with Crippen molar-refractivity contribution in [1.29, 1.82) is 0 Å². The number of rotatable bonds is 11. The predicted octanol–water partition coefficient (Wildman–Crippen LogP) is 4.02. The molecule has 0 rings (SSSR count). The summed E-state index contributed by atoms with van der Waals surface area (Å²) in [5.41, 5.74) is 0. The van der Waals surface area contributed by atoms with E-state index in [2.05, 4.69) is 61.7 Å². The third-order valence-electron chi connectivity index (χ3n) is 3.39. The second-order valence-corrected chi connectivity index (χ2v) is 6.51.